The second-order valence-electron chi connectivity index (χ2n) is 4.12. The van der Waals surface area contributed by atoms with Crippen molar-refractivity contribution in [3.63, 3.8) is 0 Å². The van der Waals surface area contributed by atoms with E-state index in [0.717, 1.165) is 15.6 Å². The molecule has 0 aromatic heterocycles. The second-order valence-corrected chi connectivity index (χ2v) is 5.59. The molecule has 0 heterocycles. The van der Waals surface area contributed by atoms with E-state index in [1.807, 2.05) is 54.6 Å². The fourth-order valence-electron chi connectivity index (χ4n) is 1.61. The molecule has 1 unspecified atom stereocenters. The van der Waals surface area contributed by atoms with E-state index >= 15 is 0 Å². The summed E-state index contributed by atoms with van der Waals surface area (Å²) in [6.45, 7) is 0. The maximum atomic E-state index is 10.6. The molecular weight excluding hydrogens is 368 g/mol. The molecule has 0 aliphatic rings. The molecule has 0 aliphatic heterocycles. The number of hydrogen-bond donors (Lipinski definition) is 1. The summed E-state index contributed by atoms with van der Waals surface area (Å²) in [5.41, 5.74) is 0.478. The molecule has 1 nitrogen and oxygen atoms in total. The molecule has 96 valence electrons. The van der Waals surface area contributed by atoms with Gasteiger partial charge >= 0.3 is 0 Å². The Bertz CT molecular complexity index is 596. The van der Waals surface area contributed by atoms with Crippen LogP contribution in [0.1, 0.15) is 11.1 Å². The SMILES string of the molecule is OC(C#Cc1ccccc1)(CBr)c1ccc(Br)cc1. The third kappa shape index (κ3) is 3.70. The summed E-state index contributed by atoms with van der Waals surface area (Å²) < 4.78 is 0.976. The minimum atomic E-state index is -1.18. The Labute approximate surface area is 129 Å². The fourth-order valence-corrected chi connectivity index (χ4v) is 2.33. The minimum absolute atomic E-state index is 0.363. The Morgan fingerprint density at radius 1 is 1.00 bits per heavy atom. The number of benzene rings is 2. The van der Waals surface area contributed by atoms with Crippen molar-refractivity contribution in [2.75, 3.05) is 5.33 Å². The summed E-state index contributed by atoms with van der Waals surface area (Å²) in [5, 5.41) is 11.0. The molecule has 0 radical (unpaired) electrons. The van der Waals surface area contributed by atoms with Gasteiger partial charge in [0.05, 0.1) is 0 Å². The summed E-state index contributed by atoms with van der Waals surface area (Å²) in [5.74, 6) is 5.95. The molecule has 2 aromatic rings. The molecule has 2 rings (SSSR count). The lowest BCUT2D eigenvalue weighted by molar-refractivity contribution is 0.129. The Balaban J connectivity index is 2.33. The smallest absolute Gasteiger partial charge is 0.160 e. The topological polar surface area (TPSA) is 20.2 Å². The number of halogens is 2. The van der Waals surface area contributed by atoms with Gasteiger partial charge in [0.15, 0.2) is 5.60 Å². The average molecular weight is 380 g/mol. The standard InChI is InChI=1S/C16H12Br2O/c17-12-16(19,14-6-8-15(18)9-7-14)11-10-13-4-2-1-3-5-13/h1-9,19H,12H2. The van der Waals surface area contributed by atoms with Gasteiger partial charge in [0.1, 0.15) is 0 Å². The molecule has 1 N–H and O–H groups in total. The Kier molecular flexibility index (Phi) is 4.81. The van der Waals surface area contributed by atoms with E-state index in [1.165, 1.54) is 0 Å². The maximum absolute atomic E-state index is 10.6. The van der Waals surface area contributed by atoms with Gasteiger partial charge in [-0.1, -0.05) is 74.0 Å². The Hall–Kier alpha value is -1.08. The molecule has 3 heteroatoms. The van der Waals surface area contributed by atoms with Crippen LogP contribution in [0.3, 0.4) is 0 Å². The van der Waals surface area contributed by atoms with Crippen LogP contribution in [0.15, 0.2) is 59.1 Å². The quantitative estimate of drug-likeness (QED) is 0.615. The zero-order chi connectivity index (χ0) is 13.7. The van der Waals surface area contributed by atoms with E-state index in [1.54, 1.807) is 0 Å². The second kappa shape index (κ2) is 6.38. The Morgan fingerprint density at radius 2 is 1.63 bits per heavy atom. The number of aliphatic hydroxyl groups is 1. The first kappa shape index (κ1) is 14.3. The molecule has 0 spiro atoms. The Morgan fingerprint density at radius 3 is 2.21 bits per heavy atom. The van der Waals surface area contributed by atoms with Gasteiger partial charge in [0, 0.05) is 15.4 Å². The van der Waals surface area contributed by atoms with Crippen LogP contribution >= 0.6 is 31.9 Å². The van der Waals surface area contributed by atoms with E-state index in [9.17, 15) is 5.11 Å². The first-order valence-corrected chi connectivity index (χ1v) is 7.68. The van der Waals surface area contributed by atoms with Crippen molar-refractivity contribution in [3.8, 4) is 11.8 Å². The predicted molar refractivity (Wildman–Crippen MR) is 85.2 cm³/mol. The van der Waals surface area contributed by atoms with Crippen molar-refractivity contribution in [3.05, 3.63) is 70.2 Å². The van der Waals surface area contributed by atoms with E-state index < -0.39 is 5.60 Å². The molecular formula is C16H12Br2O. The van der Waals surface area contributed by atoms with Crippen molar-refractivity contribution in [2.45, 2.75) is 5.60 Å². The molecule has 0 fully saturated rings. The van der Waals surface area contributed by atoms with Crippen molar-refractivity contribution in [1.29, 1.82) is 0 Å². The highest BCUT2D eigenvalue weighted by molar-refractivity contribution is 9.10. The van der Waals surface area contributed by atoms with Gasteiger partial charge in [0.2, 0.25) is 0 Å². The first-order chi connectivity index (χ1) is 9.14. The number of rotatable bonds is 2. The molecule has 0 bridgehead atoms. The first-order valence-electron chi connectivity index (χ1n) is 5.77. The zero-order valence-electron chi connectivity index (χ0n) is 10.1. The van der Waals surface area contributed by atoms with Crippen molar-refractivity contribution >= 4 is 31.9 Å². The summed E-state index contributed by atoms with van der Waals surface area (Å²) >= 11 is 6.72. The lowest BCUT2D eigenvalue weighted by Gasteiger charge is -2.19. The van der Waals surface area contributed by atoms with E-state index in [0.29, 0.717) is 5.33 Å². The van der Waals surface area contributed by atoms with Crippen LogP contribution in [0.2, 0.25) is 0 Å². The van der Waals surface area contributed by atoms with E-state index in [2.05, 4.69) is 43.7 Å². The average Bonchev–Trinajstić information content (AvgIpc) is 2.46. The third-order valence-corrected chi connectivity index (χ3v) is 4.04. The maximum Gasteiger partial charge on any atom is 0.160 e. The molecule has 0 saturated heterocycles. The van der Waals surface area contributed by atoms with Crippen LogP contribution in [0.25, 0.3) is 0 Å². The van der Waals surface area contributed by atoms with Crippen LogP contribution in [0.4, 0.5) is 0 Å². The largest absolute Gasteiger partial charge is 0.372 e. The van der Waals surface area contributed by atoms with Crippen LogP contribution in [-0.2, 0) is 5.60 Å². The van der Waals surface area contributed by atoms with Gasteiger partial charge in [-0.05, 0) is 29.8 Å². The van der Waals surface area contributed by atoms with Gasteiger partial charge in [-0.15, -0.1) is 0 Å². The third-order valence-electron chi connectivity index (χ3n) is 2.70. The molecule has 0 aliphatic carbocycles. The van der Waals surface area contributed by atoms with Crippen LogP contribution in [0.5, 0.6) is 0 Å². The molecule has 0 saturated carbocycles. The molecule has 2 aromatic carbocycles. The van der Waals surface area contributed by atoms with Gasteiger partial charge < -0.3 is 5.11 Å². The highest BCUT2D eigenvalue weighted by atomic mass is 79.9. The lowest BCUT2D eigenvalue weighted by Crippen LogP contribution is -2.25. The van der Waals surface area contributed by atoms with Crippen LogP contribution in [0, 0.1) is 11.8 Å². The highest BCUT2D eigenvalue weighted by Crippen LogP contribution is 2.24. The normalized spacial score (nSPS) is 13.2. The molecule has 19 heavy (non-hydrogen) atoms. The van der Waals surface area contributed by atoms with Crippen LogP contribution < -0.4 is 0 Å². The summed E-state index contributed by atoms with van der Waals surface area (Å²) in [7, 11) is 0. The molecule has 1 atom stereocenters. The monoisotopic (exact) mass is 378 g/mol. The van der Waals surface area contributed by atoms with Gasteiger partial charge in [-0.25, -0.2) is 0 Å². The summed E-state index contributed by atoms with van der Waals surface area (Å²) in [6, 6.07) is 17.2. The van der Waals surface area contributed by atoms with Gasteiger partial charge in [0.25, 0.3) is 0 Å². The fraction of sp³-hybridized carbons (Fsp3) is 0.125. The number of alkyl halides is 1. The van der Waals surface area contributed by atoms with Crippen molar-refractivity contribution < 1.29 is 5.11 Å². The summed E-state index contributed by atoms with van der Waals surface area (Å²) in [4.78, 5) is 0. The van der Waals surface area contributed by atoms with Crippen LogP contribution in [-0.4, -0.2) is 10.4 Å². The zero-order valence-corrected chi connectivity index (χ0v) is 13.3. The lowest BCUT2D eigenvalue weighted by atomic mass is 9.96. The van der Waals surface area contributed by atoms with Crippen molar-refractivity contribution in [2.24, 2.45) is 0 Å². The van der Waals surface area contributed by atoms with Gasteiger partial charge in [-0.2, -0.15) is 0 Å². The minimum Gasteiger partial charge on any atom is -0.372 e. The summed E-state index contributed by atoms with van der Waals surface area (Å²) in [6.07, 6.45) is 0. The van der Waals surface area contributed by atoms with E-state index in [-0.39, 0.29) is 0 Å². The highest BCUT2D eigenvalue weighted by Gasteiger charge is 2.25. The van der Waals surface area contributed by atoms with E-state index in [4.69, 9.17) is 0 Å². The molecule has 0 amide bonds. The van der Waals surface area contributed by atoms with Crippen molar-refractivity contribution in [1.82, 2.24) is 0 Å². The number of hydrogen-bond acceptors (Lipinski definition) is 1. The predicted octanol–water partition coefficient (Wildman–Crippen LogP) is 4.08. The van der Waals surface area contributed by atoms with Gasteiger partial charge in [-0.3, -0.25) is 0 Å².